The number of rotatable bonds is 7. The predicted molar refractivity (Wildman–Crippen MR) is 124 cm³/mol. The lowest BCUT2D eigenvalue weighted by molar-refractivity contribution is 0.920. The molecule has 0 aliphatic carbocycles. The third-order valence-electron chi connectivity index (χ3n) is 5.24. The van der Waals surface area contributed by atoms with Gasteiger partial charge in [0.15, 0.2) is 0 Å². The van der Waals surface area contributed by atoms with Crippen molar-refractivity contribution in [3.8, 4) is 0 Å². The summed E-state index contributed by atoms with van der Waals surface area (Å²) in [5, 5.41) is 0. The first-order chi connectivity index (χ1) is 13.7. The molecule has 0 aliphatic heterocycles. The number of hydrogen-bond donors (Lipinski definition) is 0. The van der Waals surface area contributed by atoms with Crippen LogP contribution in [0.1, 0.15) is 67.5 Å². The van der Waals surface area contributed by atoms with Crippen LogP contribution in [0.2, 0.25) is 0 Å². The average molecular weight is 373 g/mol. The summed E-state index contributed by atoms with van der Waals surface area (Å²) >= 11 is 0. The Morgan fingerprint density at radius 3 is 0.964 bits per heavy atom. The SMILES string of the molecule is CCCc1ccc(CC)cc1.CCc1ccc(Cc2ccc(CC)cc2)cc1. The van der Waals surface area contributed by atoms with Crippen molar-refractivity contribution in [1.29, 1.82) is 0 Å². The summed E-state index contributed by atoms with van der Waals surface area (Å²) in [6.45, 7) is 8.79. The van der Waals surface area contributed by atoms with Gasteiger partial charge in [0.2, 0.25) is 0 Å². The number of aryl methyl sites for hydroxylation is 4. The van der Waals surface area contributed by atoms with Crippen molar-refractivity contribution in [2.75, 3.05) is 0 Å². The van der Waals surface area contributed by atoms with Gasteiger partial charge in [0.25, 0.3) is 0 Å². The molecule has 0 saturated carbocycles. The zero-order chi connectivity index (χ0) is 20.2. The normalized spacial score (nSPS) is 10.3. The molecule has 28 heavy (non-hydrogen) atoms. The van der Waals surface area contributed by atoms with E-state index in [1.54, 1.807) is 0 Å². The van der Waals surface area contributed by atoms with Crippen molar-refractivity contribution in [3.63, 3.8) is 0 Å². The number of hydrogen-bond acceptors (Lipinski definition) is 0. The molecule has 0 nitrogen and oxygen atoms in total. The molecule has 0 heteroatoms. The van der Waals surface area contributed by atoms with Crippen LogP contribution in [-0.4, -0.2) is 0 Å². The third kappa shape index (κ3) is 7.35. The largest absolute Gasteiger partial charge is 0.0651 e. The summed E-state index contributed by atoms with van der Waals surface area (Å²) in [6.07, 6.45) is 6.87. The molecule has 0 fully saturated rings. The minimum Gasteiger partial charge on any atom is -0.0651 e. The van der Waals surface area contributed by atoms with Crippen molar-refractivity contribution in [2.24, 2.45) is 0 Å². The molecule has 3 aromatic carbocycles. The van der Waals surface area contributed by atoms with Crippen molar-refractivity contribution < 1.29 is 0 Å². The summed E-state index contributed by atoms with van der Waals surface area (Å²) in [7, 11) is 0. The van der Waals surface area contributed by atoms with E-state index >= 15 is 0 Å². The van der Waals surface area contributed by atoms with Crippen LogP contribution in [0.3, 0.4) is 0 Å². The van der Waals surface area contributed by atoms with Crippen LogP contribution < -0.4 is 0 Å². The number of benzene rings is 3. The Hall–Kier alpha value is -2.34. The third-order valence-corrected chi connectivity index (χ3v) is 5.24. The predicted octanol–water partition coefficient (Wildman–Crippen LogP) is 7.60. The van der Waals surface area contributed by atoms with E-state index in [-0.39, 0.29) is 0 Å². The van der Waals surface area contributed by atoms with E-state index in [4.69, 9.17) is 0 Å². The van der Waals surface area contributed by atoms with E-state index in [1.807, 2.05) is 0 Å². The van der Waals surface area contributed by atoms with E-state index in [0.717, 1.165) is 25.7 Å². The van der Waals surface area contributed by atoms with E-state index in [0.29, 0.717) is 0 Å². The molecule has 0 bridgehead atoms. The standard InChI is InChI=1S/C17H20.C11H16/c1-3-14-5-9-16(10-6-14)13-17-11-7-15(4-2)8-12-17;1-3-5-11-8-6-10(4-2)7-9-11/h5-12H,3-4,13H2,1-2H3;6-9H,3-5H2,1-2H3. The Labute approximate surface area is 172 Å². The lowest BCUT2D eigenvalue weighted by Crippen LogP contribution is -1.90. The van der Waals surface area contributed by atoms with Crippen LogP contribution in [0, 0.1) is 0 Å². The van der Waals surface area contributed by atoms with Gasteiger partial charge in [0, 0.05) is 0 Å². The highest BCUT2D eigenvalue weighted by atomic mass is 14.0. The molecule has 0 aliphatic rings. The quantitative estimate of drug-likeness (QED) is 0.400. The molecule has 0 amide bonds. The van der Waals surface area contributed by atoms with Gasteiger partial charge in [-0.3, -0.25) is 0 Å². The molecule has 0 unspecified atom stereocenters. The molecule has 3 rings (SSSR count). The topological polar surface area (TPSA) is 0 Å². The minimum absolute atomic E-state index is 1.04. The fourth-order valence-corrected chi connectivity index (χ4v) is 3.25. The molecular weight excluding hydrogens is 336 g/mol. The second-order valence-electron chi connectivity index (χ2n) is 7.44. The van der Waals surface area contributed by atoms with Gasteiger partial charge in [-0.15, -0.1) is 0 Å². The molecule has 0 atom stereocenters. The maximum Gasteiger partial charge on any atom is -0.00258 e. The van der Waals surface area contributed by atoms with Gasteiger partial charge in [-0.1, -0.05) is 107 Å². The lowest BCUT2D eigenvalue weighted by atomic mass is 10.0. The molecule has 0 N–H and O–H groups in total. The fraction of sp³-hybridized carbons (Fsp3) is 0.357. The van der Waals surface area contributed by atoms with Gasteiger partial charge in [0.05, 0.1) is 0 Å². The van der Waals surface area contributed by atoms with Crippen LogP contribution in [0.5, 0.6) is 0 Å². The van der Waals surface area contributed by atoms with Crippen LogP contribution in [0.25, 0.3) is 0 Å². The maximum absolute atomic E-state index is 2.24. The van der Waals surface area contributed by atoms with E-state index in [2.05, 4.69) is 100 Å². The van der Waals surface area contributed by atoms with Gasteiger partial charge >= 0.3 is 0 Å². The molecular formula is C28H36. The fourth-order valence-electron chi connectivity index (χ4n) is 3.25. The van der Waals surface area contributed by atoms with Crippen LogP contribution in [0.4, 0.5) is 0 Å². The first-order valence-electron chi connectivity index (χ1n) is 10.9. The minimum atomic E-state index is 1.04. The Bertz CT molecular complexity index is 731. The molecule has 148 valence electrons. The Morgan fingerprint density at radius 1 is 0.393 bits per heavy atom. The summed E-state index contributed by atoms with van der Waals surface area (Å²) in [6, 6.07) is 26.8. The second kappa shape index (κ2) is 12.2. The molecule has 0 radical (unpaired) electrons. The molecule has 0 spiro atoms. The van der Waals surface area contributed by atoms with Crippen molar-refractivity contribution in [3.05, 3.63) is 106 Å². The van der Waals surface area contributed by atoms with Gasteiger partial charge in [-0.05, 0) is 65.5 Å². The van der Waals surface area contributed by atoms with Crippen LogP contribution >= 0.6 is 0 Å². The van der Waals surface area contributed by atoms with E-state index in [9.17, 15) is 0 Å². The zero-order valence-electron chi connectivity index (χ0n) is 18.2. The average Bonchev–Trinajstić information content (AvgIpc) is 2.76. The van der Waals surface area contributed by atoms with Gasteiger partial charge in [-0.25, -0.2) is 0 Å². The van der Waals surface area contributed by atoms with Crippen LogP contribution in [0.15, 0.2) is 72.8 Å². The van der Waals surface area contributed by atoms with Crippen molar-refractivity contribution in [1.82, 2.24) is 0 Å². The van der Waals surface area contributed by atoms with Crippen molar-refractivity contribution >= 4 is 0 Å². The highest BCUT2D eigenvalue weighted by molar-refractivity contribution is 5.30. The van der Waals surface area contributed by atoms with Gasteiger partial charge < -0.3 is 0 Å². The van der Waals surface area contributed by atoms with E-state index in [1.165, 1.54) is 46.2 Å². The highest BCUT2D eigenvalue weighted by Crippen LogP contribution is 2.12. The summed E-state index contributed by atoms with van der Waals surface area (Å²) in [4.78, 5) is 0. The first-order valence-corrected chi connectivity index (χ1v) is 10.9. The second-order valence-corrected chi connectivity index (χ2v) is 7.44. The van der Waals surface area contributed by atoms with Gasteiger partial charge in [0.1, 0.15) is 0 Å². The smallest absolute Gasteiger partial charge is 0.00258 e. The lowest BCUT2D eigenvalue weighted by Gasteiger charge is -2.04. The first kappa shape index (κ1) is 22.0. The van der Waals surface area contributed by atoms with Gasteiger partial charge in [-0.2, -0.15) is 0 Å². The molecule has 0 aromatic heterocycles. The van der Waals surface area contributed by atoms with Crippen LogP contribution in [-0.2, 0) is 32.1 Å². The Morgan fingerprint density at radius 2 is 0.679 bits per heavy atom. The molecule has 0 heterocycles. The monoisotopic (exact) mass is 372 g/mol. The summed E-state index contributed by atoms with van der Waals surface area (Å²) in [5.41, 5.74) is 8.51. The zero-order valence-corrected chi connectivity index (χ0v) is 18.2. The molecule has 3 aromatic rings. The maximum atomic E-state index is 2.24. The Balaban J connectivity index is 0.000000221. The highest BCUT2D eigenvalue weighted by Gasteiger charge is 1.97. The van der Waals surface area contributed by atoms with E-state index < -0.39 is 0 Å². The molecule has 0 saturated heterocycles. The summed E-state index contributed by atoms with van der Waals surface area (Å²) < 4.78 is 0. The Kier molecular flexibility index (Phi) is 9.55. The summed E-state index contributed by atoms with van der Waals surface area (Å²) in [5.74, 6) is 0. The van der Waals surface area contributed by atoms with Crippen molar-refractivity contribution in [2.45, 2.75) is 66.2 Å².